The van der Waals surface area contributed by atoms with Crippen LogP contribution in [0, 0.1) is 17.0 Å². The topological polar surface area (TPSA) is 124 Å². The molecule has 0 bridgehead atoms. The first-order chi connectivity index (χ1) is 15.3. The van der Waals surface area contributed by atoms with Crippen LogP contribution in [0.5, 0.6) is 0 Å². The van der Waals surface area contributed by atoms with Crippen molar-refractivity contribution in [1.82, 2.24) is 14.3 Å². The molecule has 3 aromatic carbocycles. The van der Waals surface area contributed by atoms with Crippen LogP contribution in [0.25, 0.3) is 11.0 Å². The molecule has 1 heterocycles. The number of fused-ring (bicyclic) bond motifs is 1. The number of imidazole rings is 1. The number of carbonyl (C=O) groups is 1. The number of sulfonamides is 1. The van der Waals surface area contributed by atoms with E-state index in [1.807, 2.05) is 4.57 Å². The third-order valence-corrected chi connectivity index (χ3v) is 6.33. The summed E-state index contributed by atoms with van der Waals surface area (Å²) < 4.78 is 29.0. The molecule has 9 nitrogen and oxygen atoms in total. The number of para-hydroxylation sites is 1. The molecule has 33 heavy (non-hydrogen) atoms. The Labute approximate surface area is 232 Å². The van der Waals surface area contributed by atoms with Gasteiger partial charge >= 0.3 is 51.4 Å². The Morgan fingerprint density at radius 1 is 1.03 bits per heavy atom. The Hall–Kier alpha value is -2.41. The van der Waals surface area contributed by atoms with Gasteiger partial charge in [-0.2, -0.15) is 0 Å². The third kappa shape index (κ3) is 5.40. The fourth-order valence-electron chi connectivity index (χ4n) is 3.39. The van der Waals surface area contributed by atoms with Gasteiger partial charge in [0.15, 0.2) is 0 Å². The molecular weight excluding hydrogens is 471 g/mol. The maximum Gasteiger partial charge on any atom is 1.00 e. The smallest absolute Gasteiger partial charge is 0.324 e. The van der Waals surface area contributed by atoms with Crippen molar-refractivity contribution in [3.63, 3.8) is 0 Å². The van der Waals surface area contributed by atoms with Gasteiger partial charge in [0.25, 0.3) is 21.6 Å². The van der Waals surface area contributed by atoms with Crippen LogP contribution in [0.2, 0.25) is 0 Å². The molecule has 0 aliphatic heterocycles. The zero-order valence-corrected chi connectivity index (χ0v) is 21.9. The molecule has 1 amide bonds. The van der Waals surface area contributed by atoms with Gasteiger partial charge in [0.2, 0.25) is 0 Å². The summed E-state index contributed by atoms with van der Waals surface area (Å²) in [5.74, 6) is -0.163. The van der Waals surface area contributed by atoms with Crippen molar-refractivity contribution in [2.45, 2.75) is 18.4 Å². The zero-order valence-electron chi connectivity index (χ0n) is 17.9. The minimum Gasteiger partial charge on any atom is -0.324 e. The van der Waals surface area contributed by atoms with Crippen LogP contribution in [0.1, 0.15) is 21.7 Å². The minimum atomic E-state index is -4.03. The second-order valence-electron chi connectivity index (χ2n) is 7.09. The maximum absolute atomic E-state index is 12.8. The van der Waals surface area contributed by atoms with Gasteiger partial charge in [0, 0.05) is 18.7 Å². The Bertz CT molecular complexity index is 1440. The number of hydrogen-bond acceptors (Lipinski definition) is 6. The molecule has 0 saturated heterocycles. The van der Waals surface area contributed by atoms with Gasteiger partial charge < -0.3 is 4.57 Å². The molecule has 11 heteroatoms. The van der Waals surface area contributed by atoms with Gasteiger partial charge in [-0.3, -0.25) is 14.9 Å². The van der Waals surface area contributed by atoms with Crippen molar-refractivity contribution in [3.05, 3.63) is 99.9 Å². The molecule has 4 aromatic rings. The van der Waals surface area contributed by atoms with Crippen LogP contribution in [0.3, 0.4) is 0 Å². The third-order valence-electron chi connectivity index (χ3n) is 4.98. The van der Waals surface area contributed by atoms with Crippen molar-refractivity contribution in [3.8, 4) is 0 Å². The Morgan fingerprint density at radius 2 is 1.70 bits per heavy atom. The van der Waals surface area contributed by atoms with Gasteiger partial charge in [0.05, 0.1) is 20.9 Å². The number of nitro benzene ring substituents is 1. The first kappa shape index (κ1) is 25.2. The van der Waals surface area contributed by atoms with Crippen LogP contribution in [0.4, 0.5) is 5.69 Å². The fraction of sp³-hybridized carbons (Fsp3) is 0.0909. The number of hydrogen-bond donors (Lipinski definition) is 1. The first-order valence-electron chi connectivity index (χ1n) is 9.57. The Morgan fingerprint density at radius 3 is 2.33 bits per heavy atom. The number of nitro groups is 1. The van der Waals surface area contributed by atoms with Crippen LogP contribution in [-0.4, -0.2) is 28.8 Å². The predicted octanol–water partition coefficient (Wildman–Crippen LogP) is 0.424. The fourth-order valence-corrected chi connectivity index (χ4v) is 4.37. The molecule has 1 N–H and O–H groups in total. The number of non-ortho nitro benzene ring substituents is 1. The number of amides is 1. The standard InChI is InChI=1S/C22H18N4O5S.K/c1-15-23-21-19(22(27)24-32(30,31)18-6-3-2-4-7-18)8-5-9-20(21)25(15)14-16-10-12-17(13-11-16)26(28)29;/h2-13H,14H2,1H3,(H,24,27);/q;+1. The maximum atomic E-state index is 12.8. The van der Waals surface area contributed by atoms with Crippen LogP contribution in [0.15, 0.2) is 77.7 Å². The summed E-state index contributed by atoms with van der Waals surface area (Å²) in [6, 6.07) is 18.8. The van der Waals surface area contributed by atoms with E-state index < -0.39 is 20.9 Å². The monoisotopic (exact) mass is 489 g/mol. The van der Waals surface area contributed by atoms with Crippen molar-refractivity contribution in [2.24, 2.45) is 0 Å². The SMILES string of the molecule is Cc1nc2c(C(=O)NS(=O)(=O)c3ccccc3)cccc2n1Cc1ccc([N+](=O)[O-])cc1.[K+]. The molecular formula is C22H18KN4O5S+. The van der Waals surface area contributed by atoms with Crippen molar-refractivity contribution in [2.75, 3.05) is 0 Å². The first-order valence-corrected chi connectivity index (χ1v) is 11.1. The number of rotatable bonds is 6. The van der Waals surface area contributed by atoms with Gasteiger partial charge in [-0.1, -0.05) is 36.4 Å². The molecule has 0 aliphatic rings. The second-order valence-corrected chi connectivity index (χ2v) is 8.77. The summed E-state index contributed by atoms with van der Waals surface area (Å²) >= 11 is 0. The zero-order chi connectivity index (χ0) is 22.9. The number of nitrogens with one attached hydrogen (secondary N) is 1. The summed E-state index contributed by atoms with van der Waals surface area (Å²) in [6.45, 7) is 2.15. The Kier molecular flexibility index (Phi) is 7.83. The second kappa shape index (κ2) is 10.2. The van der Waals surface area contributed by atoms with Crippen molar-refractivity contribution >= 4 is 32.7 Å². The Balaban J connectivity index is 0.00000306. The normalized spacial score (nSPS) is 11.1. The molecule has 0 atom stereocenters. The van der Waals surface area contributed by atoms with E-state index in [0.29, 0.717) is 23.4 Å². The summed E-state index contributed by atoms with van der Waals surface area (Å²) in [7, 11) is -4.03. The van der Waals surface area contributed by atoms with Gasteiger partial charge in [-0.25, -0.2) is 18.1 Å². The van der Waals surface area contributed by atoms with E-state index in [-0.39, 0.29) is 67.5 Å². The molecule has 0 spiro atoms. The minimum absolute atomic E-state index is 0. The van der Waals surface area contributed by atoms with E-state index in [0.717, 1.165) is 5.56 Å². The summed E-state index contributed by atoms with van der Waals surface area (Å²) in [5, 5.41) is 10.9. The van der Waals surface area contributed by atoms with Gasteiger partial charge in [0.1, 0.15) is 11.3 Å². The summed E-state index contributed by atoms with van der Waals surface area (Å²) in [4.78, 5) is 27.7. The number of aryl methyl sites for hydroxylation is 1. The number of benzene rings is 3. The van der Waals surface area contributed by atoms with Crippen LogP contribution in [-0.2, 0) is 16.6 Å². The van der Waals surface area contributed by atoms with E-state index in [4.69, 9.17) is 0 Å². The molecule has 1 aromatic heterocycles. The van der Waals surface area contributed by atoms with Crippen molar-refractivity contribution < 1.29 is 69.5 Å². The average Bonchev–Trinajstić information content (AvgIpc) is 3.09. The molecule has 4 rings (SSSR count). The van der Waals surface area contributed by atoms with Crippen LogP contribution >= 0.6 is 0 Å². The molecule has 0 saturated carbocycles. The van der Waals surface area contributed by atoms with E-state index in [9.17, 15) is 23.3 Å². The number of nitrogens with zero attached hydrogens (tertiary/aromatic N) is 3. The molecule has 162 valence electrons. The van der Waals surface area contributed by atoms with Gasteiger partial charge in [-0.15, -0.1) is 0 Å². The van der Waals surface area contributed by atoms with E-state index in [1.165, 1.54) is 30.3 Å². The summed E-state index contributed by atoms with van der Waals surface area (Å²) in [6.07, 6.45) is 0. The van der Waals surface area contributed by atoms with E-state index >= 15 is 0 Å². The molecule has 0 fully saturated rings. The molecule has 0 radical (unpaired) electrons. The summed E-state index contributed by atoms with van der Waals surface area (Å²) in [5.41, 5.74) is 1.96. The number of aromatic nitrogens is 2. The molecule has 0 aliphatic carbocycles. The van der Waals surface area contributed by atoms with Gasteiger partial charge in [-0.05, 0) is 36.8 Å². The average molecular weight is 490 g/mol. The van der Waals surface area contributed by atoms with Crippen molar-refractivity contribution in [1.29, 1.82) is 0 Å². The predicted molar refractivity (Wildman–Crippen MR) is 118 cm³/mol. The largest absolute Gasteiger partial charge is 1.00 e. The quantitative estimate of drug-likeness (QED) is 0.238. The van der Waals surface area contributed by atoms with E-state index in [1.54, 1.807) is 49.4 Å². The molecule has 0 unspecified atom stereocenters. The van der Waals surface area contributed by atoms with Crippen LogP contribution < -0.4 is 56.1 Å². The van der Waals surface area contributed by atoms with E-state index in [2.05, 4.69) is 9.71 Å². The number of carbonyl (C=O) groups excluding carboxylic acids is 1.